The standard InChI is InChI=1S/C30H48O3/c1-8-29-18-30(29)16-15-27(6)21(19(2)9-12-24-26(4,5)33-24)13-14-28(27,7)23(30)11-10-22(29)20(3)17-25(31)32/h19,21-24H,3,8-18H2,1-2,4-7H3,(H,31,32)/t19-,21-,22+,23+,24+,27-,28+,29-,30+/m1/s1. The van der Waals surface area contributed by atoms with Gasteiger partial charge >= 0.3 is 5.97 Å². The summed E-state index contributed by atoms with van der Waals surface area (Å²) in [4.78, 5) is 11.5. The van der Waals surface area contributed by atoms with E-state index < -0.39 is 5.97 Å². The molecule has 0 aromatic carbocycles. The van der Waals surface area contributed by atoms with Gasteiger partial charge in [-0.05, 0) is 123 Å². The minimum atomic E-state index is -0.709. The Morgan fingerprint density at radius 1 is 1.09 bits per heavy atom. The molecule has 5 aliphatic rings. The first kappa shape index (κ1) is 23.9. The molecule has 0 aromatic rings. The second kappa shape index (κ2) is 7.34. The molecule has 0 unspecified atom stereocenters. The van der Waals surface area contributed by atoms with Crippen molar-refractivity contribution in [2.24, 2.45) is 45.3 Å². The molecule has 0 bridgehead atoms. The number of carboxylic acids is 1. The van der Waals surface area contributed by atoms with Gasteiger partial charge in [-0.1, -0.05) is 39.8 Å². The quantitative estimate of drug-likeness (QED) is 0.301. The van der Waals surface area contributed by atoms with E-state index >= 15 is 0 Å². The van der Waals surface area contributed by atoms with Gasteiger partial charge in [0, 0.05) is 0 Å². The third kappa shape index (κ3) is 3.12. The molecule has 33 heavy (non-hydrogen) atoms. The molecule has 186 valence electrons. The van der Waals surface area contributed by atoms with Gasteiger partial charge in [0.1, 0.15) is 0 Å². The third-order valence-corrected chi connectivity index (χ3v) is 12.8. The van der Waals surface area contributed by atoms with Crippen molar-refractivity contribution in [3.05, 3.63) is 12.2 Å². The minimum Gasteiger partial charge on any atom is -0.481 e. The van der Waals surface area contributed by atoms with Crippen LogP contribution < -0.4 is 0 Å². The molecule has 1 heterocycles. The highest BCUT2D eigenvalue weighted by Crippen LogP contribution is 2.87. The summed E-state index contributed by atoms with van der Waals surface area (Å²) < 4.78 is 5.89. The fourth-order valence-corrected chi connectivity index (χ4v) is 10.7. The van der Waals surface area contributed by atoms with E-state index in [0.29, 0.717) is 33.7 Å². The number of carbonyl (C=O) groups is 1. The van der Waals surface area contributed by atoms with Gasteiger partial charge < -0.3 is 9.84 Å². The molecule has 3 heteroatoms. The fourth-order valence-electron chi connectivity index (χ4n) is 10.7. The first-order valence-electron chi connectivity index (χ1n) is 13.9. The van der Waals surface area contributed by atoms with E-state index in [-0.39, 0.29) is 12.0 Å². The lowest BCUT2D eigenvalue weighted by atomic mass is 9.43. The molecule has 1 spiro atoms. The minimum absolute atomic E-state index is 0.115. The Balaban J connectivity index is 1.35. The molecule has 0 amide bonds. The topological polar surface area (TPSA) is 49.8 Å². The van der Waals surface area contributed by atoms with E-state index in [0.717, 1.165) is 29.7 Å². The molecule has 9 atom stereocenters. The molecule has 4 saturated carbocycles. The molecule has 0 radical (unpaired) electrons. The molecule has 1 N–H and O–H groups in total. The highest BCUT2D eigenvalue weighted by atomic mass is 16.6. The zero-order chi connectivity index (χ0) is 24.0. The second-order valence-corrected chi connectivity index (χ2v) is 14.0. The van der Waals surface area contributed by atoms with Gasteiger partial charge in [-0.2, -0.15) is 0 Å². The van der Waals surface area contributed by atoms with E-state index in [1.54, 1.807) is 0 Å². The van der Waals surface area contributed by atoms with Crippen LogP contribution in [-0.4, -0.2) is 22.8 Å². The molecule has 5 rings (SSSR count). The Morgan fingerprint density at radius 2 is 1.79 bits per heavy atom. The average molecular weight is 457 g/mol. The number of epoxide rings is 1. The highest BCUT2D eigenvalue weighted by Gasteiger charge is 2.79. The Bertz CT molecular complexity index is 845. The maximum atomic E-state index is 11.5. The lowest BCUT2D eigenvalue weighted by molar-refractivity contribution is -0.137. The first-order valence-corrected chi connectivity index (χ1v) is 13.9. The monoisotopic (exact) mass is 456 g/mol. The highest BCUT2D eigenvalue weighted by molar-refractivity contribution is 5.70. The van der Waals surface area contributed by atoms with E-state index in [4.69, 9.17) is 4.74 Å². The molecule has 1 aliphatic heterocycles. The van der Waals surface area contributed by atoms with Crippen LogP contribution in [0, 0.1) is 45.3 Å². The summed E-state index contributed by atoms with van der Waals surface area (Å²) >= 11 is 0. The smallest absolute Gasteiger partial charge is 0.307 e. The van der Waals surface area contributed by atoms with Gasteiger partial charge in [0.25, 0.3) is 0 Å². The molecule has 5 fully saturated rings. The van der Waals surface area contributed by atoms with E-state index in [1.165, 1.54) is 57.8 Å². The van der Waals surface area contributed by atoms with Crippen LogP contribution in [0.3, 0.4) is 0 Å². The van der Waals surface area contributed by atoms with Crippen molar-refractivity contribution in [2.75, 3.05) is 0 Å². The number of hydrogen-bond donors (Lipinski definition) is 1. The zero-order valence-electron chi connectivity index (χ0n) is 22.1. The maximum absolute atomic E-state index is 11.5. The summed E-state index contributed by atoms with van der Waals surface area (Å²) in [6.07, 6.45) is 13.6. The maximum Gasteiger partial charge on any atom is 0.307 e. The molecular weight excluding hydrogens is 408 g/mol. The zero-order valence-corrected chi connectivity index (χ0v) is 22.1. The van der Waals surface area contributed by atoms with Crippen LogP contribution in [0.5, 0.6) is 0 Å². The van der Waals surface area contributed by atoms with Crippen molar-refractivity contribution in [3.63, 3.8) is 0 Å². The van der Waals surface area contributed by atoms with Crippen molar-refractivity contribution in [2.45, 2.75) is 124 Å². The summed E-state index contributed by atoms with van der Waals surface area (Å²) in [6, 6.07) is 0. The Hall–Kier alpha value is -0.830. The van der Waals surface area contributed by atoms with Gasteiger partial charge in [-0.15, -0.1) is 0 Å². The molecule has 3 nitrogen and oxygen atoms in total. The number of carboxylic acid groups (broad SMARTS) is 1. The molecular formula is C30H48O3. The Kier molecular flexibility index (Phi) is 5.31. The molecule has 4 aliphatic carbocycles. The van der Waals surface area contributed by atoms with E-state index in [9.17, 15) is 9.90 Å². The molecule has 0 aromatic heterocycles. The number of hydrogen-bond acceptors (Lipinski definition) is 2. The van der Waals surface area contributed by atoms with Crippen molar-refractivity contribution < 1.29 is 14.6 Å². The molecule has 1 saturated heterocycles. The predicted molar refractivity (Wildman–Crippen MR) is 133 cm³/mol. The van der Waals surface area contributed by atoms with Crippen molar-refractivity contribution in [3.8, 4) is 0 Å². The fraction of sp³-hybridized carbons (Fsp3) is 0.900. The first-order chi connectivity index (χ1) is 15.4. The van der Waals surface area contributed by atoms with Gasteiger partial charge in [-0.25, -0.2) is 0 Å². The van der Waals surface area contributed by atoms with Crippen molar-refractivity contribution >= 4 is 5.97 Å². The number of rotatable bonds is 8. The van der Waals surface area contributed by atoms with Crippen LogP contribution in [0.4, 0.5) is 0 Å². The van der Waals surface area contributed by atoms with Crippen LogP contribution in [0.15, 0.2) is 12.2 Å². The van der Waals surface area contributed by atoms with Gasteiger partial charge in [0.05, 0.1) is 18.1 Å². The lowest BCUT2D eigenvalue weighted by Crippen LogP contribution is -2.54. The van der Waals surface area contributed by atoms with Gasteiger partial charge in [0.15, 0.2) is 0 Å². The Labute approximate surface area is 202 Å². The predicted octanol–water partition coefficient (Wildman–Crippen LogP) is 7.64. The van der Waals surface area contributed by atoms with E-state index in [1.807, 2.05) is 0 Å². The summed E-state index contributed by atoms with van der Waals surface area (Å²) in [6.45, 7) is 19.0. The largest absolute Gasteiger partial charge is 0.481 e. The van der Waals surface area contributed by atoms with Crippen LogP contribution in [-0.2, 0) is 9.53 Å². The van der Waals surface area contributed by atoms with E-state index in [2.05, 4.69) is 48.1 Å². The average Bonchev–Trinajstić information content (AvgIpc) is 3.56. The number of aliphatic carboxylic acids is 1. The number of ether oxygens (including phenoxy) is 1. The van der Waals surface area contributed by atoms with Crippen LogP contribution in [0.25, 0.3) is 0 Å². The van der Waals surface area contributed by atoms with Crippen LogP contribution in [0.2, 0.25) is 0 Å². The van der Waals surface area contributed by atoms with Crippen molar-refractivity contribution in [1.82, 2.24) is 0 Å². The summed E-state index contributed by atoms with van der Waals surface area (Å²) in [7, 11) is 0. The third-order valence-electron chi connectivity index (χ3n) is 12.8. The second-order valence-electron chi connectivity index (χ2n) is 14.0. The van der Waals surface area contributed by atoms with Crippen molar-refractivity contribution in [1.29, 1.82) is 0 Å². The number of fused-ring (bicyclic) bond motifs is 2. The van der Waals surface area contributed by atoms with Gasteiger partial charge in [0.2, 0.25) is 0 Å². The SMILES string of the molecule is C=C(CC(=O)O)[C@@H]1CC[C@@H]2[C@]3(CC[C@]4(C)[C@@H]([C@H](C)CC[C@@H]5OC5(C)C)CC[C@@]24C)C[C@]13CC. The summed E-state index contributed by atoms with van der Waals surface area (Å²) in [5.74, 6) is 2.11. The normalized spacial score (nSPS) is 50.0. The summed E-state index contributed by atoms with van der Waals surface area (Å²) in [5, 5.41) is 9.42. The summed E-state index contributed by atoms with van der Waals surface area (Å²) in [5.41, 5.74) is 2.76. The van der Waals surface area contributed by atoms with Gasteiger partial charge in [-0.3, -0.25) is 4.79 Å². The lowest BCUT2D eigenvalue weighted by Gasteiger charge is -2.61. The van der Waals surface area contributed by atoms with Crippen LogP contribution >= 0.6 is 0 Å². The Morgan fingerprint density at radius 3 is 2.39 bits per heavy atom. The van der Waals surface area contributed by atoms with Crippen LogP contribution in [0.1, 0.15) is 112 Å².